The molecule has 0 saturated heterocycles. The molecule has 1 aliphatic carbocycles. The van der Waals surface area contributed by atoms with Crippen molar-refractivity contribution in [2.45, 2.75) is 25.2 Å². The fourth-order valence-corrected chi connectivity index (χ4v) is 3.24. The van der Waals surface area contributed by atoms with E-state index in [1.165, 1.54) is 7.11 Å². The van der Waals surface area contributed by atoms with Crippen LogP contribution >= 0.6 is 0 Å². The van der Waals surface area contributed by atoms with Gasteiger partial charge in [0.25, 0.3) is 0 Å². The van der Waals surface area contributed by atoms with Crippen molar-refractivity contribution in [1.82, 2.24) is 9.55 Å². The Morgan fingerprint density at radius 2 is 2.26 bits per heavy atom. The molecule has 1 aliphatic rings. The number of nitrogens with zero attached hydrogens (tertiary/aromatic N) is 3. The molecule has 23 heavy (non-hydrogen) atoms. The van der Waals surface area contributed by atoms with Crippen molar-refractivity contribution < 1.29 is 9.53 Å². The summed E-state index contributed by atoms with van der Waals surface area (Å²) in [6.45, 7) is 1.88. The van der Waals surface area contributed by atoms with Crippen molar-refractivity contribution in [2.75, 3.05) is 7.11 Å². The van der Waals surface area contributed by atoms with Gasteiger partial charge in [-0.3, -0.25) is 4.79 Å². The molecular formula is C18H19N3O2. The number of carbonyl (C=O) groups is 1. The lowest BCUT2D eigenvalue weighted by Crippen LogP contribution is -2.25. The summed E-state index contributed by atoms with van der Waals surface area (Å²) in [5, 5.41) is 9.01. The molecule has 1 saturated carbocycles. The second-order valence-electron chi connectivity index (χ2n) is 6.13. The monoisotopic (exact) mass is 309 g/mol. The van der Waals surface area contributed by atoms with Crippen LogP contribution in [0.2, 0.25) is 0 Å². The third-order valence-corrected chi connectivity index (χ3v) is 4.61. The number of para-hydroxylation sites is 1. The molecule has 0 amide bonds. The Labute approximate surface area is 135 Å². The maximum Gasteiger partial charge on any atom is 0.318 e. The summed E-state index contributed by atoms with van der Waals surface area (Å²) < 4.78 is 6.93. The average Bonchev–Trinajstić information content (AvgIpc) is 3.08. The first-order chi connectivity index (χ1) is 11.1. The van der Waals surface area contributed by atoms with E-state index in [1.807, 2.05) is 48.0 Å². The molecule has 118 valence electrons. The lowest BCUT2D eigenvalue weighted by Gasteiger charge is -2.13. The first kappa shape index (κ1) is 15.3. The number of carbonyl (C=O) groups excluding carboxylic acids is 1. The lowest BCUT2D eigenvalue weighted by molar-refractivity contribution is -0.144. The smallest absolute Gasteiger partial charge is 0.318 e. The van der Waals surface area contributed by atoms with E-state index in [0.29, 0.717) is 12.8 Å². The third kappa shape index (κ3) is 2.61. The van der Waals surface area contributed by atoms with Crippen LogP contribution in [0.25, 0.3) is 5.69 Å². The molecule has 1 aromatic carbocycles. The first-order valence-electron chi connectivity index (χ1n) is 7.69. The van der Waals surface area contributed by atoms with Crippen LogP contribution in [-0.2, 0) is 14.9 Å². The van der Waals surface area contributed by atoms with Gasteiger partial charge in [0, 0.05) is 17.8 Å². The van der Waals surface area contributed by atoms with Gasteiger partial charge in [0.05, 0.1) is 25.2 Å². The summed E-state index contributed by atoms with van der Waals surface area (Å²) in [6, 6.07) is 12.1. The second kappa shape index (κ2) is 5.88. The van der Waals surface area contributed by atoms with E-state index in [0.717, 1.165) is 11.4 Å². The average molecular weight is 309 g/mol. The molecule has 1 unspecified atom stereocenters. The van der Waals surface area contributed by atoms with E-state index >= 15 is 0 Å². The summed E-state index contributed by atoms with van der Waals surface area (Å²) in [5.74, 6) is -0.225. The number of benzene rings is 1. The van der Waals surface area contributed by atoms with Gasteiger partial charge in [-0.2, -0.15) is 5.26 Å². The van der Waals surface area contributed by atoms with Crippen LogP contribution in [0.4, 0.5) is 0 Å². The van der Waals surface area contributed by atoms with E-state index in [9.17, 15) is 4.79 Å². The zero-order chi connectivity index (χ0) is 16.4. The van der Waals surface area contributed by atoms with Crippen LogP contribution in [0.15, 0.2) is 42.9 Å². The Morgan fingerprint density at radius 3 is 2.91 bits per heavy atom. The molecule has 5 heteroatoms. The normalized spacial score (nSPS) is 23.8. The molecule has 1 aromatic heterocycles. The fraction of sp³-hybridized carbons (Fsp3) is 0.389. The number of nitriles is 1. The largest absolute Gasteiger partial charge is 0.468 e. The predicted octanol–water partition coefficient (Wildman–Crippen LogP) is 2.85. The summed E-state index contributed by atoms with van der Waals surface area (Å²) in [5.41, 5.74) is 1.03. The van der Waals surface area contributed by atoms with Crippen LogP contribution < -0.4 is 0 Å². The maximum atomic E-state index is 12.4. The number of ether oxygens (including phenoxy) is 1. The van der Waals surface area contributed by atoms with Gasteiger partial charge in [-0.05, 0) is 37.8 Å². The summed E-state index contributed by atoms with van der Waals surface area (Å²) in [7, 11) is 1.40. The fourth-order valence-electron chi connectivity index (χ4n) is 3.24. The molecule has 3 atom stereocenters. The zero-order valence-electron chi connectivity index (χ0n) is 13.3. The summed E-state index contributed by atoms with van der Waals surface area (Å²) >= 11 is 0. The number of aromatic nitrogens is 2. The highest BCUT2D eigenvalue weighted by Crippen LogP contribution is 2.57. The number of hydrogen-bond acceptors (Lipinski definition) is 4. The van der Waals surface area contributed by atoms with E-state index in [4.69, 9.17) is 10.00 Å². The van der Waals surface area contributed by atoms with Crippen molar-refractivity contribution in [3.05, 3.63) is 48.5 Å². The Balaban J connectivity index is 1.90. The van der Waals surface area contributed by atoms with Crippen LogP contribution in [0.1, 0.15) is 25.5 Å². The highest BCUT2D eigenvalue weighted by Gasteiger charge is 2.63. The highest BCUT2D eigenvalue weighted by molar-refractivity contribution is 5.86. The number of hydrogen-bond donors (Lipinski definition) is 0. The minimum Gasteiger partial charge on any atom is -0.468 e. The van der Waals surface area contributed by atoms with E-state index in [1.54, 1.807) is 6.33 Å². The van der Waals surface area contributed by atoms with Crippen LogP contribution in [-0.4, -0.2) is 22.6 Å². The number of esters is 1. The van der Waals surface area contributed by atoms with Gasteiger partial charge in [-0.1, -0.05) is 18.2 Å². The van der Waals surface area contributed by atoms with E-state index < -0.39 is 5.41 Å². The molecule has 0 radical (unpaired) electrons. The van der Waals surface area contributed by atoms with Gasteiger partial charge in [-0.15, -0.1) is 0 Å². The van der Waals surface area contributed by atoms with E-state index in [-0.39, 0.29) is 17.8 Å². The van der Waals surface area contributed by atoms with Crippen LogP contribution in [0.5, 0.6) is 0 Å². The van der Waals surface area contributed by atoms with Gasteiger partial charge in [0.15, 0.2) is 0 Å². The van der Waals surface area contributed by atoms with Crippen molar-refractivity contribution in [3.8, 4) is 11.8 Å². The van der Waals surface area contributed by atoms with Crippen molar-refractivity contribution in [1.29, 1.82) is 5.26 Å². The number of imidazole rings is 1. The minimum absolute atomic E-state index is 0.0808. The van der Waals surface area contributed by atoms with Gasteiger partial charge in [0.1, 0.15) is 5.41 Å². The highest BCUT2D eigenvalue weighted by atomic mass is 16.5. The standard InChI is InChI=1S/C18H19N3O2/c1-13(10-19)8-14-9-18(14,17(22)23-2)16-11-21(12-20-16)15-6-4-3-5-7-15/h3-7,11-14H,8-9H2,1-2H3/t13?,14-,18-/m1/s1. The SMILES string of the molecule is COC(=O)[C@]1(c2cn(-c3ccccc3)cn2)C[C@H]1CC(C)C#N. The van der Waals surface area contributed by atoms with Crippen LogP contribution in [0, 0.1) is 23.2 Å². The first-order valence-corrected chi connectivity index (χ1v) is 7.69. The molecule has 1 fully saturated rings. The van der Waals surface area contributed by atoms with Gasteiger partial charge in [0.2, 0.25) is 0 Å². The maximum absolute atomic E-state index is 12.4. The number of methoxy groups -OCH3 is 1. The van der Waals surface area contributed by atoms with E-state index in [2.05, 4.69) is 11.1 Å². The molecule has 0 bridgehead atoms. The quantitative estimate of drug-likeness (QED) is 0.796. The van der Waals surface area contributed by atoms with Crippen molar-refractivity contribution in [3.63, 3.8) is 0 Å². The van der Waals surface area contributed by atoms with Gasteiger partial charge < -0.3 is 9.30 Å². The van der Waals surface area contributed by atoms with Crippen molar-refractivity contribution in [2.24, 2.45) is 11.8 Å². The Hall–Kier alpha value is -2.61. The molecule has 3 rings (SSSR count). The Bertz CT molecular complexity index is 747. The van der Waals surface area contributed by atoms with Gasteiger partial charge >= 0.3 is 5.97 Å². The van der Waals surface area contributed by atoms with Crippen molar-refractivity contribution >= 4 is 5.97 Å². The molecule has 0 aliphatic heterocycles. The molecule has 0 spiro atoms. The topological polar surface area (TPSA) is 67.9 Å². The minimum atomic E-state index is -0.695. The molecule has 2 aromatic rings. The predicted molar refractivity (Wildman–Crippen MR) is 84.8 cm³/mol. The van der Waals surface area contributed by atoms with Gasteiger partial charge in [-0.25, -0.2) is 4.98 Å². The second-order valence-corrected chi connectivity index (χ2v) is 6.13. The molecule has 1 heterocycles. The molecular weight excluding hydrogens is 290 g/mol. The summed E-state index contributed by atoms with van der Waals surface area (Å²) in [4.78, 5) is 16.8. The Kier molecular flexibility index (Phi) is 3.91. The molecule has 5 nitrogen and oxygen atoms in total. The van der Waals surface area contributed by atoms with Crippen LogP contribution in [0.3, 0.4) is 0 Å². The zero-order valence-corrected chi connectivity index (χ0v) is 13.3. The molecule has 0 N–H and O–H groups in total. The number of rotatable bonds is 5. The lowest BCUT2D eigenvalue weighted by atomic mass is 9.95. The third-order valence-electron chi connectivity index (χ3n) is 4.61. The summed E-state index contributed by atoms with van der Waals surface area (Å²) in [6.07, 6.45) is 4.99. The Morgan fingerprint density at radius 1 is 1.52 bits per heavy atom.